The monoisotopic (exact) mass is 383 g/mol. The van der Waals surface area contributed by atoms with Crippen molar-refractivity contribution in [1.82, 2.24) is 9.88 Å². The lowest BCUT2D eigenvalue weighted by Crippen LogP contribution is -2.32. The van der Waals surface area contributed by atoms with Gasteiger partial charge < -0.3 is 0 Å². The van der Waals surface area contributed by atoms with E-state index in [0.29, 0.717) is 20.7 Å². The molecule has 1 amide bonds. The number of hydrogen-bond acceptors (Lipinski definition) is 4. The Morgan fingerprint density at radius 1 is 1.29 bits per heavy atom. The molecule has 0 atom stereocenters. The van der Waals surface area contributed by atoms with Crippen LogP contribution in [-0.4, -0.2) is 28.9 Å². The predicted molar refractivity (Wildman–Crippen MR) is 100 cm³/mol. The first kappa shape index (κ1) is 17.7. The van der Waals surface area contributed by atoms with Gasteiger partial charge in [-0.3, -0.25) is 15.0 Å². The molecule has 1 saturated heterocycles. The van der Waals surface area contributed by atoms with E-state index in [-0.39, 0.29) is 5.91 Å². The average Bonchev–Trinajstić information content (AvgIpc) is 2.95. The number of carbonyl (C=O) groups is 1. The molecule has 1 N–H and O–H groups in total. The normalized spacial score (nSPS) is 16.3. The number of benzene rings is 1. The topological polar surface area (TPSA) is 45.2 Å². The van der Waals surface area contributed by atoms with Crippen molar-refractivity contribution in [3.05, 3.63) is 44.9 Å². The van der Waals surface area contributed by atoms with E-state index in [4.69, 9.17) is 23.2 Å². The van der Waals surface area contributed by atoms with E-state index in [1.807, 2.05) is 5.38 Å². The third-order valence-corrected chi connectivity index (χ3v) is 5.40. The summed E-state index contributed by atoms with van der Waals surface area (Å²) in [6, 6.07) is 4.78. The Morgan fingerprint density at radius 3 is 2.62 bits per heavy atom. The van der Waals surface area contributed by atoms with E-state index in [1.165, 1.54) is 24.2 Å². The molecule has 1 aliphatic heterocycles. The van der Waals surface area contributed by atoms with Crippen LogP contribution in [0.1, 0.15) is 35.8 Å². The summed E-state index contributed by atoms with van der Waals surface area (Å²) in [4.78, 5) is 19.2. The standard InChI is InChI=1S/C17H19Cl2N3OS/c1-11-2-4-22(5-3-11)9-15-10-24-17(20-15)21-16(23)12-6-13(18)8-14(19)7-12/h6-8,10-11H,2-5,9H2,1H3,(H,20,21,23). The molecular formula is C17H19Cl2N3OS. The maximum Gasteiger partial charge on any atom is 0.257 e. The molecule has 0 radical (unpaired) electrons. The first-order valence-corrected chi connectivity index (χ1v) is 9.57. The van der Waals surface area contributed by atoms with Gasteiger partial charge in [-0.2, -0.15) is 0 Å². The molecule has 0 saturated carbocycles. The van der Waals surface area contributed by atoms with Crippen LogP contribution < -0.4 is 5.32 Å². The molecule has 0 bridgehead atoms. The van der Waals surface area contributed by atoms with Crippen LogP contribution in [0.4, 0.5) is 5.13 Å². The summed E-state index contributed by atoms with van der Waals surface area (Å²) >= 11 is 13.3. The summed E-state index contributed by atoms with van der Waals surface area (Å²) < 4.78 is 0. The first-order valence-electron chi connectivity index (χ1n) is 7.94. The first-order chi connectivity index (χ1) is 11.5. The van der Waals surface area contributed by atoms with Crippen molar-refractivity contribution in [2.75, 3.05) is 18.4 Å². The minimum absolute atomic E-state index is 0.257. The fraction of sp³-hybridized carbons (Fsp3) is 0.412. The molecule has 1 aromatic heterocycles. The molecule has 0 aliphatic carbocycles. The van der Waals surface area contributed by atoms with Gasteiger partial charge >= 0.3 is 0 Å². The van der Waals surface area contributed by atoms with E-state index in [2.05, 4.69) is 22.1 Å². The highest BCUT2D eigenvalue weighted by Crippen LogP contribution is 2.23. The molecule has 3 rings (SSSR count). The Kier molecular flexibility index (Phi) is 5.76. The van der Waals surface area contributed by atoms with Crippen LogP contribution >= 0.6 is 34.5 Å². The van der Waals surface area contributed by atoms with Gasteiger partial charge in [-0.1, -0.05) is 30.1 Å². The molecule has 24 heavy (non-hydrogen) atoms. The zero-order chi connectivity index (χ0) is 17.1. The number of amides is 1. The summed E-state index contributed by atoms with van der Waals surface area (Å²) in [5.41, 5.74) is 1.42. The highest BCUT2D eigenvalue weighted by atomic mass is 35.5. The largest absolute Gasteiger partial charge is 0.298 e. The number of nitrogens with one attached hydrogen (secondary N) is 1. The third-order valence-electron chi connectivity index (χ3n) is 4.16. The van der Waals surface area contributed by atoms with E-state index in [0.717, 1.165) is 31.2 Å². The van der Waals surface area contributed by atoms with Gasteiger partial charge in [0, 0.05) is 27.5 Å². The van der Waals surface area contributed by atoms with Crippen molar-refractivity contribution in [3.8, 4) is 0 Å². The molecule has 1 fully saturated rings. The molecular weight excluding hydrogens is 365 g/mol. The van der Waals surface area contributed by atoms with Gasteiger partial charge in [0.1, 0.15) is 0 Å². The fourth-order valence-electron chi connectivity index (χ4n) is 2.74. The second-order valence-corrected chi connectivity index (χ2v) is 7.95. The molecule has 2 heterocycles. The highest BCUT2D eigenvalue weighted by molar-refractivity contribution is 7.14. The lowest BCUT2D eigenvalue weighted by molar-refractivity contribution is 0.102. The van der Waals surface area contributed by atoms with Crippen LogP contribution in [0.15, 0.2) is 23.6 Å². The van der Waals surface area contributed by atoms with Crippen molar-refractivity contribution >= 4 is 45.6 Å². The fourth-order valence-corrected chi connectivity index (χ4v) is 3.96. The number of nitrogens with zero attached hydrogens (tertiary/aromatic N) is 2. The Bertz CT molecular complexity index is 706. The van der Waals surface area contributed by atoms with Crippen LogP contribution in [0.2, 0.25) is 10.0 Å². The number of likely N-dealkylation sites (tertiary alicyclic amines) is 1. The van der Waals surface area contributed by atoms with E-state index in [1.54, 1.807) is 18.2 Å². The maximum atomic E-state index is 12.3. The van der Waals surface area contributed by atoms with Crippen molar-refractivity contribution < 1.29 is 4.79 Å². The quantitative estimate of drug-likeness (QED) is 0.813. The minimum Gasteiger partial charge on any atom is -0.298 e. The zero-order valence-corrected chi connectivity index (χ0v) is 15.7. The van der Waals surface area contributed by atoms with E-state index >= 15 is 0 Å². The molecule has 1 aliphatic rings. The molecule has 0 spiro atoms. The van der Waals surface area contributed by atoms with Gasteiger partial charge in [0.25, 0.3) is 5.91 Å². The second kappa shape index (κ2) is 7.83. The van der Waals surface area contributed by atoms with Crippen LogP contribution in [0, 0.1) is 5.92 Å². The SMILES string of the molecule is CC1CCN(Cc2csc(NC(=O)c3cc(Cl)cc(Cl)c3)n2)CC1. The number of thiazole rings is 1. The maximum absolute atomic E-state index is 12.3. The summed E-state index contributed by atoms with van der Waals surface area (Å²) in [6.45, 7) is 5.36. The number of carbonyl (C=O) groups excluding carboxylic acids is 1. The third kappa shape index (κ3) is 4.70. The van der Waals surface area contributed by atoms with Gasteiger partial charge in [0.05, 0.1) is 5.69 Å². The lowest BCUT2D eigenvalue weighted by Gasteiger charge is -2.29. The number of halogens is 2. The van der Waals surface area contributed by atoms with Gasteiger partial charge in [0.2, 0.25) is 0 Å². The number of hydrogen-bond donors (Lipinski definition) is 1. The summed E-state index contributed by atoms with van der Waals surface area (Å²) in [6.07, 6.45) is 2.48. The number of piperidine rings is 1. The molecule has 1 aromatic carbocycles. The van der Waals surface area contributed by atoms with Crippen LogP contribution in [-0.2, 0) is 6.54 Å². The van der Waals surface area contributed by atoms with Crippen molar-refractivity contribution in [2.45, 2.75) is 26.3 Å². The summed E-state index contributed by atoms with van der Waals surface area (Å²) in [7, 11) is 0. The zero-order valence-electron chi connectivity index (χ0n) is 13.4. The lowest BCUT2D eigenvalue weighted by atomic mass is 9.99. The van der Waals surface area contributed by atoms with Gasteiger partial charge in [-0.25, -0.2) is 4.98 Å². The summed E-state index contributed by atoms with van der Waals surface area (Å²) in [5.74, 6) is 0.558. The molecule has 2 aromatic rings. The Balaban J connectivity index is 1.60. The Labute approximate surface area is 155 Å². The molecule has 0 unspecified atom stereocenters. The highest BCUT2D eigenvalue weighted by Gasteiger charge is 2.17. The number of aromatic nitrogens is 1. The van der Waals surface area contributed by atoms with Gasteiger partial charge in [0.15, 0.2) is 5.13 Å². The van der Waals surface area contributed by atoms with Crippen molar-refractivity contribution in [2.24, 2.45) is 5.92 Å². The van der Waals surface area contributed by atoms with E-state index < -0.39 is 0 Å². The van der Waals surface area contributed by atoms with Crippen LogP contribution in [0.5, 0.6) is 0 Å². The molecule has 128 valence electrons. The smallest absolute Gasteiger partial charge is 0.257 e. The van der Waals surface area contributed by atoms with Gasteiger partial charge in [-0.05, 0) is 50.0 Å². The number of rotatable bonds is 4. The van der Waals surface area contributed by atoms with Crippen molar-refractivity contribution in [1.29, 1.82) is 0 Å². The average molecular weight is 384 g/mol. The Hall–Kier alpha value is -1.14. The van der Waals surface area contributed by atoms with Gasteiger partial charge in [-0.15, -0.1) is 11.3 Å². The summed E-state index contributed by atoms with van der Waals surface area (Å²) in [5, 5.41) is 6.28. The van der Waals surface area contributed by atoms with Crippen molar-refractivity contribution in [3.63, 3.8) is 0 Å². The number of anilines is 1. The Morgan fingerprint density at radius 2 is 1.96 bits per heavy atom. The van der Waals surface area contributed by atoms with Crippen LogP contribution in [0.3, 0.4) is 0 Å². The molecule has 4 nitrogen and oxygen atoms in total. The van der Waals surface area contributed by atoms with Crippen LogP contribution in [0.25, 0.3) is 0 Å². The van der Waals surface area contributed by atoms with E-state index in [9.17, 15) is 4.79 Å². The minimum atomic E-state index is -0.257. The molecule has 7 heteroatoms. The predicted octanol–water partition coefficient (Wildman–Crippen LogP) is 4.93. The second-order valence-electron chi connectivity index (χ2n) is 6.21.